The van der Waals surface area contributed by atoms with Crippen molar-refractivity contribution in [3.8, 4) is 0 Å². The fourth-order valence-corrected chi connectivity index (χ4v) is 5.09. The maximum Gasteiger partial charge on any atom is 0.0761 e. The number of thiophene rings is 1. The summed E-state index contributed by atoms with van der Waals surface area (Å²) in [6, 6.07) is 7.44. The Balaban J connectivity index is 2.46. The average Bonchev–Trinajstić information content (AvgIpc) is 2.60. The zero-order valence-corrected chi connectivity index (χ0v) is 14.7. The van der Waals surface area contributed by atoms with Crippen molar-refractivity contribution < 1.29 is 0 Å². The van der Waals surface area contributed by atoms with Gasteiger partial charge in [0.1, 0.15) is 0 Å². The number of hydrogen-bond acceptors (Lipinski definition) is 2. The number of rotatable bonds is 2. The first-order chi connectivity index (χ1) is 7.99. The van der Waals surface area contributed by atoms with Crippen LogP contribution in [0.5, 0.6) is 0 Å². The van der Waals surface area contributed by atoms with Gasteiger partial charge in [-0.15, -0.1) is 11.3 Å². The molecule has 2 N–H and O–H groups in total. The van der Waals surface area contributed by atoms with Crippen LogP contribution >= 0.6 is 70.7 Å². The maximum absolute atomic E-state index is 6.27. The van der Waals surface area contributed by atoms with Gasteiger partial charge in [0.05, 0.1) is 13.6 Å². The molecule has 0 aliphatic carbocycles. The highest BCUT2D eigenvalue weighted by Crippen LogP contribution is 2.38. The lowest BCUT2D eigenvalue weighted by atomic mass is 10.0. The standard InChI is InChI=1S/C11H7Br3ClNS/c12-8-2-1-5(15)3-6(8)10(16)7-4-9(13)17-11(7)14/h1-4,10H,16H2. The molecule has 6 heteroatoms. The third kappa shape index (κ3) is 3.14. The largest absolute Gasteiger partial charge is 0.320 e. The van der Waals surface area contributed by atoms with Crippen LogP contribution in [-0.4, -0.2) is 0 Å². The molecule has 2 rings (SSSR count). The van der Waals surface area contributed by atoms with Crippen molar-refractivity contribution in [2.24, 2.45) is 5.73 Å². The average molecular weight is 460 g/mol. The molecule has 1 aromatic heterocycles. The Morgan fingerprint density at radius 2 is 1.82 bits per heavy atom. The first-order valence-electron chi connectivity index (χ1n) is 4.64. The van der Waals surface area contributed by atoms with Crippen LogP contribution in [0.2, 0.25) is 5.02 Å². The molecular formula is C11H7Br3ClNS. The van der Waals surface area contributed by atoms with Crippen LogP contribution in [-0.2, 0) is 0 Å². The van der Waals surface area contributed by atoms with E-state index in [1.807, 2.05) is 24.3 Å². The van der Waals surface area contributed by atoms with Crippen molar-refractivity contribution in [1.29, 1.82) is 0 Å². The smallest absolute Gasteiger partial charge is 0.0761 e. The molecule has 1 aromatic carbocycles. The van der Waals surface area contributed by atoms with E-state index in [0.29, 0.717) is 5.02 Å². The van der Waals surface area contributed by atoms with Crippen molar-refractivity contribution in [3.63, 3.8) is 0 Å². The van der Waals surface area contributed by atoms with Gasteiger partial charge in [-0.3, -0.25) is 0 Å². The van der Waals surface area contributed by atoms with E-state index in [1.54, 1.807) is 11.3 Å². The molecule has 0 amide bonds. The topological polar surface area (TPSA) is 26.0 Å². The summed E-state index contributed by atoms with van der Waals surface area (Å²) in [5.74, 6) is 0. The molecule has 1 atom stereocenters. The molecule has 90 valence electrons. The van der Waals surface area contributed by atoms with Crippen LogP contribution in [0.4, 0.5) is 0 Å². The lowest BCUT2D eigenvalue weighted by Gasteiger charge is -2.13. The molecule has 1 nitrogen and oxygen atoms in total. The monoisotopic (exact) mass is 457 g/mol. The Morgan fingerprint density at radius 3 is 2.41 bits per heavy atom. The minimum absolute atomic E-state index is 0.208. The summed E-state index contributed by atoms with van der Waals surface area (Å²) in [5, 5.41) is 0.684. The quantitative estimate of drug-likeness (QED) is 0.608. The normalized spacial score (nSPS) is 12.8. The highest BCUT2D eigenvalue weighted by molar-refractivity contribution is 9.12. The van der Waals surface area contributed by atoms with E-state index in [0.717, 1.165) is 23.2 Å². The van der Waals surface area contributed by atoms with Crippen molar-refractivity contribution in [2.75, 3.05) is 0 Å². The predicted octanol–water partition coefficient (Wildman–Crippen LogP) is 5.74. The van der Waals surface area contributed by atoms with Crippen LogP contribution in [0, 0.1) is 0 Å². The summed E-state index contributed by atoms with van der Waals surface area (Å²) in [4.78, 5) is 0. The van der Waals surface area contributed by atoms with Gasteiger partial charge in [-0.1, -0.05) is 27.5 Å². The SMILES string of the molecule is NC(c1cc(Cl)ccc1Br)c1cc(Br)sc1Br. The van der Waals surface area contributed by atoms with E-state index >= 15 is 0 Å². The van der Waals surface area contributed by atoms with Crippen molar-refractivity contribution >= 4 is 70.7 Å². The molecule has 0 fully saturated rings. The van der Waals surface area contributed by atoms with Gasteiger partial charge in [0, 0.05) is 9.50 Å². The molecule has 0 spiro atoms. The zero-order chi connectivity index (χ0) is 12.6. The summed E-state index contributed by atoms with van der Waals surface area (Å²) >= 11 is 18.1. The molecule has 0 aliphatic rings. The first kappa shape index (κ1) is 14.0. The van der Waals surface area contributed by atoms with E-state index in [4.69, 9.17) is 17.3 Å². The molecule has 0 bridgehead atoms. The van der Waals surface area contributed by atoms with Crippen LogP contribution in [0.15, 0.2) is 36.3 Å². The summed E-state index contributed by atoms with van der Waals surface area (Å²) in [7, 11) is 0. The van der Waals surface area contributed by atoms with Gasteiger partial charge in [0.2, 0.25) is 0 Å². The highest BCUT2D eigenvalue weighted by atomic mass is 79.9. The molecule has 0 aliphatic heterocycles. The Kier molecular flexibility index (Phi) is 4.72. The number of nitrogens with two attached hydrogens (primary N) is 1. The lowest BCUT2D eigenvalue weighted by Crippen LogP contribution is -2.12. The zero-order valence-electron chi connectivity index (χ0n) is 8.38. The Bertz CT molecular complexity index is 556. The first-order valence-corrected chi connectivity index (χ1v) is 8.21. The van der Waals surface area contributed by atoms with E-state index in [2.05, 4.69) is 47.8 Å². The second-order valence-electron chi connectivity index (χ2n) is 3.42. The van der Waals surface area contributed by atoms with Gasteiger partial charge < -0.3 is 5.73 Å². The van der Waals surface area contributed by atoms with E-state index in [-0.39, 0.29) is 6.04 Å². The van der Waals surface area contributed by atoms with E-state index in [9.17, 15) is 0 Å². The number of benzene rings is 1. The highest BCUT2D eigenvalue weighted by Gasteiger charge is 2.17. The minimum atomic E-state index is -0.208. The number of halogens is 4. The van der Waals surface area contributed by atoms with Crippen LogP contribution in [0.25, 0.3) is 0 Å². The maximum atomic E-state index is 6.27. The molecule has 17 heavy (non-hydrogen) atoms. The Morgan fingerprint density at radius 1 is 1.12 bits per heavy atom. The molecule has 0 radical (unpaired) electrons. The Labute approximate surface area is 134 Å². The Hall–Kier alpha value is 0.610. The van der Waals surface area contributed by atoms with Crippen molar-refractivity contribution in [2.45, 2.75) is 6.04 Å². The van der Waals surface area contributed by atoms with E-state index in [1.165, 1.54) is 0 Å². The lowest BCUT2D eigenvalue weighted by molar-refractivity contribution is 0.866. The molecular weight excluding hydrogens is 453 g/mol. The summed E-state index contributed by atoms with van der Waals surface area (Å²) in [6.07, 6.45) is 0. The molecule has 2 aromatic rings. The van der Waals surface area contributed by atoms with Gasteiger partial charge in [0.25, 0.3) is 0 Å². The predicted molar refractivity (Wildman–Crippen MR) is 84.9 cm³/mol. The summed E-state index contributed by atoms with van der Waals surface area (Å²) in [5.41, 5.74) is 8.29. The molecule has 1 heterocycles. The van der Waals surface area contributed by atoms with Gasteiger partial charge in [-0.05, 0) is 67.3 Å². The van der Waals surface area contributed by atoms with Crippen molar-refractivity contribution in [3.05, 3.63) is 52.5 Å². The van der Waals surface area contributed by atoms with Gasteiger partial charge in [-0.25, -0.2) is 0 Å². The van der Waals surface area contributed by atoms with Crippen LogP contribution < -0.4 is 5.73 Å². The van der Waals surface area contributed by atoms with Gasteiger partial charge >= 0.3 is 0 Å². The third-order valence-electron chi connectivity index (χ3n) is 2.31. The van der Waals surface area contributed by atoms with Gasteiger partial charge in [-0.2, -0.15) is 0 Å². The third-order valence-corrected chi connectivity index (χ3v) is 5.65. The minimum Gasteiger partial charge on any atom is -0.320 e. The molecule has 0 saturated heterocycles. The fraction of sp³-hybridized carbons (Fsp3) is 0.0909. The second kappa shape index (κ2) is 5.72. The van der Waals surface area contributed by atoms with E-state index < -0.39 is 0 Å². The summed E-state index contributed by atoms with van der Waals surface area (Å²) in [6.45, 7) is 0. The number of hydrogen-bond donors (Lipinski definition) is 1. The van der Waals surface area contributed by atoms with Crippen molar-refractivity contribution in [1.82, 2.24) is 0 Å². The summed E-state index contributed by atoms with van der Waals surface area (Å²) < 4.78 is 3.04. The fourth-order valence-electron chi connectivity index (χ4n) is 1.49. The molecule has 1 unspecified atom stereocenters. The van der Waals surface area contributed by atoms with Gasteiger partial charge in [0.15, 0.2) is 0 Å². The van der Waals surface area contributed by atoms with Crippen LogP contribution in [0.1, 0.15) is 17.2 Å². The second-order valence-corrected chi connectivity index (χ2v) is 8.46. The molecule has 0 saturated carbocycles. The van der Waals surface area contributed by atoms with Crippen LogP contribution in [0.3, 0.4) is 0 Å².